The second-order valence-corrected chi connectivity index (χ2v) is 5.16. The second-order valence-electron chi connectivity index (χ2n) is 5.16. The smallest absolute Gasteiger partial charge is 0.156 e. The molecule has 0 aliphatic carbocycles. The van der Waals surface area contributed by atoms with Gasteiger partial charge in [0.2, 0.25) is 0 Å². The monoisotopic (exact) mass is 273 g/mol. The molecule has 0 saturated heterocycles. The first-order chi connectivity index (χ1) is 10.3. The summed E-state index contributed by atoms with van der Waals surface area (Å²) in [7, 11) is 0. The largest absolute Gasteiger partial charge is 0.296 e. The Morgan fingerprint density at radius 3 is 2.86 bits per heavy atom. The zero-order chi connectivity index (χ0) is 14.2. The van der Waals surface area contributed by atoms with Crippen molar-refractivity contribution in [3.8, 4) is 11.3 Å². The number of fused-ring (bicyclic) bond motifs is 3. The highest BCUT2D eigenvalue weighted by Crippen LogP contribution is 2.22. The van der Waals surface area contributed by atoms with E-state index in [1.165, 1.54) is 5.56 Å². The van der Waals surface area contributed by atoms with Crippen LogP contribution in [0.3, 0.4) is 0 Å². The minimum Gasteiger partial charge on any atom is -0.296 e. The van der Waals surface area contributed by atoms with Gasteiger partial charge in [-0.1, -0.05) is 37.3 Å². The zero-order valence-corrected chi connectivity index (χ0v) is 11.8. The first kappa shape index (κ1) is 12.1. The number of aromatic nitrogens is 3. The summed E-state index contributed by atoms with van der Waals surface area (Å²) >= 11 is 0. The van der Waals surface area contributed by atoms with Gasteiger partial charge in [0, 0.05) is 11.8 Å². The molecule has 102 valence electrons. The molecular weight excluding hydrogens is 258 g/mol. The number of para-hydroxylation sites is 2. The maximum Gasteiger partial charge on any atom is 0.156 e. The van der Waals surface area contributed by atoms with Crippen LogP contribution in [0, 0.1) is 0 Å². The van der Waals surface area contributed by atoms with Crippen LogP contribution in [-0.2, 0) is 6.42 Å². The van der Waals surface area contributed by atoms with Gasteiger partial charge >= 0.3 is 0 Å². The van der Waals surface area contributed by atoms with Gasteiger partial charge in [-0.3, -0.25) is 9.38 Å². The Bertz CT molecular complexity index is 937. The predicted molar refractivity (Wildman–Crippen MR) is 85.3 cm³/mol. The third kappa shape index (κ3) is 1.98. The van der Waals surface area contributed by atoms with Crippen LogP contribution in [0.15, 0.2) is 60.9 Å². The van der Waals surface area contributed by atoms with Crippen LogP contribution < -0.4 is 0 Å². The van der Waals surface area contributed by atoms with Gasteiger partial charge in [0.15, 0.2) is 5.65 Å². The molecular formula is C18H15N3. The highest BCUT2D eigenvalue weighted by Gasteiger charge is 2.07. The zero-order valence-electron chi connectivity index (χ0n) is 11.8. The van der Waals surface area contributed by atoms with Crippen LogP contribution >= 0.6 is 0 Å². The van der Waals surface area contributed by atoms with Gasteiger partial charge in [-0.25, -0.2) is 4.98 Å². The van der Waals surface area contributed by atoms with Crippen LogP contribution in [0.1, 0.15) is 12.5 Å². The van der Waals surface area contributed by atoms with E-state index in [9.17, 15) is 0 Å². The third-order valence-corrected chi connectivity index (χ3v) is 3.82. The van der Waals surface area contributed by atoms with Gasteiger partial charge in [-0.2, -0.15) is 0 Å². The molecule has 3 nitrogen and oxygen atoms in total. The molecule has 0 bridgehead atoms. The Morgan fingerprint density at radius 2 is 1.95 bits per heavy atom. The molecule has 2 aromatic heterocycles. The Kier molecular flexibility index (Phi) is 2.71. The fourth-order valence-corrected chi connectivity index (χ4v) is 2.67. The van der Waals surface area contributed by atoms with Crippen molar-refractivity contribution in [1.29, 1.82) is 0 Å². The van der Waals surface area contributed by atoms with E-state index >= 15 is 0 Å². The van der Waals surface area contributed by atoms with E-state index in [2.05, 4.69) is 52.8 Å². The summed E-state index contributed by atoms with van der Waals surface area (Å²) < 4.78 is 2.11. The molecule has 0 radical (unpaired) electrons. The summed E-state index contributed by atoms with van der Waals surface area (Å²) in [6.07, 6.45) is 4.95. The van der Waals surface area contributed by atoms with Crippen LogP contribution in [0.25, 0.3) is 27.9 Å². The standard InChI is InChI=1S/C18H15N3/c1-2-13-6-5-7-14(10-13)16-12-21-17-9-4-3-8-15(17)19-11-18(21)20-16/h3-12H,2H2,1H3. The van der Waals surface area contributed by atoms with Crippen LogP contribution in [0.4, 0.5) is 0 Å². The second kappa shape index (κ2) is 4.70. The van der Waals surface area contributed by atoms with Gasteiger partial charge in [0.25, 0.3) is 0 Å². The summed E-state index contributed by atoms with van der Waals surface area (Å²) in [4.78, 5) is 9.18. The maximum absolute atomic E-state index is 4.71. The third-order valence-electron chi connectivity index (χ3n) is 3.82. The average Bonchev–Trinajstić information content (AvgIpc) is 2.99. The van der Waals surface area contributed by atoms with E-state index < -0.39 is 0 Å². The van der Waals surface area contributed by atoms with Crippen LogP contribution in [-0.4, -0.2) is 14.4 Å². The molecule has 4 aromatic rings. The number of imidazole rings is 1. The summed E-state index contributed by atoms with van der Waals surface area (Å²) in [5, 5.41) is 0. The quantitative estimate of drug-likeness (QED) is 0.550. The minimum absolute atomic E-state index is 0.880. The Hall–Kier alpha value is -2.68. The minimum atomic E-state index is 0.880. The molecule has 0 saturated carbocycles. The number of aryl methyl sites for hydroxylation is 1. The van der Waals surface area contributed by atoms with E-state index in [0.29, 0.717) is 0 Å². The van der Waals surface area contributed by atoms with Crippen LogP contribution in [0.2, 0.25) is 0 Å². The Morgan fingerprint density at radius 1 is 1.05 bits per heavy atom. The fourth-order valence-electron chi connectivity index (χ4n) is 2.67. The topological polar surface area (TPSA) is 30.2 Å². The van der Waals surface area contributed by atoms with Crippen molar-refractivity contribution in [3.05, 3.63) is 66.5 Å². The fraction of sp³-hybridized carbons (Fsp3) is 0.111. The summed E-state index contributed by atoms with van der Waals surface area (Å²) in [5.41, 5.74) is 6.42. The van der Waals surface area contributed by atoms with Crippen molar-refractivity contribution >= 4 is 16.7 Å². The number of benzene rings is 2. The molecule has 4 rings (SSSR count). The molecule has 21 heavy (non-hydrogen) atoms. The lowest BCUT2D eigenvalue weighted by atomic mass is 10.1. The molecule has 0 atom stereocenters. The van der Waals surface area contributed by atoms with Crippen molar-refractivity contribution < 1.29 is 0 Å². The van der Waals surface area contributed by atoms with E-state index in [0.717, 1.165) is 34.4 Å². The van der Waals surface area contributed by atoms with Crippen molar-refractivity contribution in [2.24, 2.45) is 0 Å². The number of rotatable bonds is 2. The van der Waals surface area contributed by atoms with Gasteiger partial charge in [-0.15, -0.1) is 0 Å². The first-order valence-electron chi connectivity index (χ1n) is 7.17. The predicted octanol–water partition coefficient (Wildman–Crippen LogP) is 4.11. The Balaban J connectivity index is 1.96. The molecule has 2 aromatic carbocycles. The van der Waals surface area contributed by atoms with E-state index in [-0.39, 0.29) is 0 Å². The SMILES string of the molecule is CCc1cccc(-c2cn3c(cnc4ccccc43)n2)c1. The van der Waals surface area contributed by atoms with Crippen molar-refractivity contribution in [1.82, 2.24) is 14.4 Å². The Labute approximate surface area is 122 Å². The molecule has 0 spiro atoms. The van der Waals surface area contributed by atoms with Gasteiger partial charge in [-0.05, 0) is 30.2 Å². The van der Waals surface area contributed by atoms with Crippen molar-refractivity contribution in [2.45, 2.75) is 13.3 Å². The maximum atomic E-state index is 4.71. The first-order valence-corrected chi connectivity index (χ1v) is 7.17. The van der Waals surface area contributed by atoms with E-state index in [4.69, 9.17) is 4.98 Å². The average molecular weight is 273 g/mol. The molecule has 0 aliphatic heterocycles. The molecule has 0 N–H and O–H groups in total. The molecule has 0 amide bonds. The highest BCUT2D eigenvalue weighted by atomic mass is 15.0. The lowest BCUT2D eigenvalue weighted by Gasteiger charge is -2.00. The normalized spacial score (nSPS) is 11.3. The number of hydrogen-bond acceptors (Lipinski definition) is 2. The van der Waals surface area contributed by atoms with Gasteiger partial charge in [0.05, 0.1) is 22.9 Å². The van der Waals surface area contributed by atoms with E-state index in [1.807, 2.05) is 24.4 Å². The lowest BCUT2D eigenvalue weighted by molar-refractivity contribution is 1.14. The molecule has 3 heteroatoms. The number of nitrogens with zero attached hydrogens (tertiary/aromatic N) is 3. The van der Waals surface area contributed by atoms with Gasteiger partial charge in [0.1, 0.15) is 0 Å². The van der Waals surface area contributed by atoms with E-state index in [1.54, 1.807) is 0 Å². The van der Waals surface area contributed by atoms with Crippen molar-refractivity contribution in [2.75, 3.05) is 0 Å². The molecule has 0 unspecified atom stereocenters. The number of hydrogen-bond donors (Lipinski definition) is 0. The summed E-state index contributed by atoms with van der Waals surface area (Å²) in [5.74, 6) is 0. The molecule has 2 heterocycles. The van der Waals surface area contributed by atoms with Gasteiger partial charge < -0.3 is 0 Å². The highest BCUT2D eigenvalue weighted by molar-refractivity contribution is 5.78. The van der Waals surface area contributed by atoms with Crippen LogP contribution in [0.5, 0.6) is 0 Å². The lowest BCUT2D eigenvalue weighted by Crippen LogP contribution is -1.88. The van der Waals surface area contributed by atoms with Crippen molar-refractivity contribution in [3.63, 3.8) is 0 Å². The molecule has 0 fully saturated rings. The molecule has 0 aliphatic rings. The summed E-state index contributed by atoms with van der Waals surface area (Å²) in [6.45, 7) is 2.17. The summed E-state index contributed by atoms with van der Waals surface area (Å²) in [6, 6.07) is 16.7.